The van der Waals surface area contributed by atoms with Crippen molar-refractivity contribution >= 4 is 28.9 Å². The Bertz CT molecular complexity index is 1230. The second kappa shape index (κ2) is 8.73. The molecule has 4 rings (SSSR count). The Labute approximate surface area is 183 Å². The van der Waals surface area contributed by atoms with Gasteiger partial charge in [-0.1, -0.05) is 47.5 Å². The molecule has 0 unspecified atom stereocenters. The molecule has 0 radical (unpaired) electrons. The van der Waals surface area contributed by atoms with Crippen LogP contribution in [0.1, 0.15) is 17.0 Å². The molecule has 2 heterocycles. The number of imidazole rings is 1. The van der Waals surface area contributed by atoms with Gasteiger partial charge in [0.15, 0.2) is 0 Å². The lowest BCUT2D eigenvalue weighted by Gasteiger charge is -2.12. The van der Waals surface area contributed by atoms with Crippen LogP contribution < -0.4 is 10.9 Å². The zero-order valence-electron chi connectivity index (χ0n) is 16.2. The number of nitrogens with zero attached hydrogens (tertiary/aromatic N) is 4. The van der Waals surface area contributed by atoms with Crippen LogP contribution in [-0.4, -0.2) is 19.3 Å². The summed E-state index contributed by atoms with van der Waals surface area (Å²) < 4.78 is 3.33. The van der Waals surface area contributed by atoms with E-state index in [-0.39, 0.29) is 5.02 Å². The molecule has 2 aromatic carbocycles. The van der Waals surface area contributed by atoms with Gasteiger partial charge in [0.2, 0.25) is 0 Å². The Morgan fingerprint density at radius 2 is 1.83 bits per heavy atom. The average molecular weight is 440 g/mol. The second-order valence-corrected chi connectivity index (χ2v) is 7.66. The van der Waals surface area contributed by atoms with Gasteiger partial charge in [-0.3, -0.25) is 4.79 Å². The summed E-state index contributed by atoms with van der Waals surface area (Å²) in [5.74, 6) is 0.970. The summed E-state index contributed by atoms with van der Waals surface area (Å²) in [4.78, 5) is 16.9. The highest BCUT2D eigenvalue weighted by Gasteiger charge is 2.11. The minimum absolute atomic E-state index is 0.0881. The van der Waals surface area contributed by atoms with Gasteiger partial charge < -0.3 is 9.88 Å². The van der Waals surface area contributed by atoms with Crippen LogP contribution in [0.25, 0.3) is 5.69 Å². The predicted octanol–water partition coefficient (Wildman–Crippen LogP) is 4.70. The fraction of sp³-hybridized carbons (Fsp3) is 0.136. The highest BCUT2D eigenvalue weighted by Crippen LogP contribution is 2.19. The third-order valence-electron chi connectivity index (χ3n) is 4.74. The molecule has 0 amide bonds. The molecule has 0 aliphatic heterocycles. The summed E-state index contributed by atoms with van der Waals surface area (Å²) >= 11 is 12.2. The van der Waals surface area contributed by atoms with E-state index in [1.807, 2.05) is 25.3 Å². The number of benzene rings is 2. The van der Waals surface area contributed by atoms with E-state index >= 15 is 0 Å². The van der Waals surface area contributed by atoms with Crippen LogP contribution in [0.15, 0.2) is 71.9 Å². The van der Waals surface area contributed by atoms with Crippen LogP contribution in [0, 0.1) is 6.92 Å². The third-order valence-corrected chi connectivity index (χ3v) is 5.36. The standard InChI is InChI=1S/C22H19Cl2N5O/c1-15-25-9-10-28(15)14-17-4-2-3-16(11-17)12-26-20-13-27-29(22(30)21(20)24)19-7-5-18(23)6-8-19/h2-11,13,26H,12,14H2,1H3. The number of hydrogen-bond acceptors (Lipinski definition) is 4. The predicted molar refractivity (Wildman–Crippen MR) is 120 cm³/mol. The SMILES string of the molecule is Cc1nccn1Cc1cccc(CNc2cnn(-c3ccc(Cl)cc3)c(=O)c2Cl)c1. The maximum Gasteiger partial charge on any atom is 0.292 e. The molecule has 0 fully saturated rings. The van der Waals surface area contributed by atoms with Crippen LogP contribution in [-0.2, 0) is 13.1 Å². The van der Waals surface area contributed by atoms with Crippen molar-refractivity contribution in [2.45, 2.75) is 20.0 Å². The largest absolute Gasteiger partial charge is 0.378 e. The highest BCUT2D eigenvalue weighted by molar-refractivity contribution is 6.33. The minimum atomic E-state index is -0.395. The summed E-state index contributed by atoms with van der Waals surface area (Å²) in [6.45, 7) is 3.24. The molecule has 6 nitrogen and oxygen atoms in total. The van der Waals surface area contributed by atoms with E-state index < -0.39 is 5.56 Å². The lowest BCUT2D eigenvalue weighted by atomic mass is 10.1. The van der Waals surface area contributed by atoms with E-state index in [4.69, 9.17) is 23.2 Å². The van der Waals surface area contributed by atoms with Crippen LogP contribution in [0.5, 0.6) is 0 Å². The Morgan fingerprint density at radius 3 is 2.57 bits per heavy atom. The molecular formula is C22H19Cl2N5O. The maximum absolute atomic E-state index is 12.6. The van der Waals surface area contributed by atoms with Crippen LogP contribution in [0.4, 0.5) is 5.69 Å². The number of anilines is 1. The summed E-state index contributed by atoms with van der Waals surface area (Å²) in [5, 5.41) is 8.11. The van der Waals surface area contributed by atoms with Crippen molar-refractivity contribution < 1.29 is 0 Å². The normalized spacial score (nSPS) is 10.9. The van der Waals surface area contributed by atoms with E-state index in [1.165, 1.54) is 4.68 Å². The number of aryl methyl sites for hydroxylation is 1. The number of halogens is 2. The van der Waals surface area contributed by atoms with E-state index in [0.29, 0.717) is 22.9 Å². The van der Waals surface area contributed by atoms with Gasteiger partial charge in [-0.25, -0.2) is 4.98 Å². The topological polar surface area (TPSA) is 64.7 Å². The Balaban J connectivity index is 1.49. The molecule has 0 spiro atoms. The van der Waals surface area contributed by atoms with Gasteiger partial charge in [0.1, 0.15) is 10.8 Å². The van der Waals surface area contributed by atoms with Crippen molar-refractivity contribution in [3.63, 3.8) is 0 Å². The number of hydrogen-bond donors (Lipinski definition) is 1. The zero-order chi connectivity index (χ0) is 21.1. The van der Waals surface area contributed by atoms with Gasteiger partial charge in [0, 0.05) is 30.5 Å². The smallest absolute Gasteiger partial charge is 0.292 e. The van der Waals surface area contributed by atoms with Gasteiger partial charge in [-0.05, 0) is 42.3 Å². The summed E-state index contributed by atoms with van der Waals surface area (Å²) in [6, 6.07) is 15.0. The first-order valence-corrected chi connectivity index (χ1v) is 10.1. The number of rotatable bonds is 6. The molecule has 0 aliphatic carbocycles. The average Bonchev–Trinajstić information content (AvgIpc) is 3.15. The van der Waals surface area contributed by atoms with Gasteiger partial charge >= 0.3 is 0 Å². The van der Waals surface area contributed by atoms with E-state index in [1.54, 1.807) is 36.7 Å². The van der Waals surface area contributed by atoms with Crippen molar-refractivity contribution in [3.05, 3.63) is 104 Å². The minimum Gasteiger partial charge on any atom is -0.378 e. The molecule has 4 aromatic rings. The second-order valence-electron chi connectivity index (χ2n) is 6.84. The molecule has 0 saturated heterocycles. The molecule has 2 aromatic heterocycles. The van der Waals surface area contributed by atoms with E-state index in [0.717, 1.165) is 23.5 Å². The summed E-state index contributed by atoms with van der Waals surface area (Å²) in [6.07, 6.45) is 5.31. The fourth-order valence-electron chi connectivity index (χ4n) is 3.12. The first kappa shape index (κ1) is 20.2. The first-order chi connectivity index (χ1) is 14.5. The van der Waals surface area contributed by atoms with Crippen molar-refractivity contribution in [2.24, 2.45) is 0 Å². The van der Waals surface area contributed by atoms with E-state index in [9.17, 15) is 4.79 Å². The number of nitrogens with one attached hydrogen (secondary N) is 1. The fourth-order valence-corrected chi connectivity index (χ4v) is 3.45. The molecular weight excluding hydrogens is 421 g/mol. The van der Waals surface area contributed by atoms with Gasteiger partial charge in [-0.2, -0.15) is 9.78 Å². The molecule has 8 heteroatoms. The van der Waals surface area contributed by atoms with Crippen molar-refractivity contribution in [1.29, 1.82) is 0 Å². The van der Waals surface area contributed by atoms with Crippen molar-refractivity contribution in [1.82, 2.24) is 19.3 Å². The monoisotopic (exact) mass is 439 g/mol. The van der Waals surface area contributed by atoms with Gasteiger partial charge in [-0.15, -0.1) is 0 Å². The quantitative estimate of drug-likeness (QED) is 0.472. The summed E-state index contributed by atoms with van der Waals surface area (Å²) in [7, 11) is 0. The Hall–Kier alpha value is -3.09. The molecule has 0 saturated carbocycles. The van der Waals surface area contributed by atoms with Crippen molar-refractivity contribution in [2.75, 3.05) is 5.32 Å². The maximum atomic E-state index is 12.6. The lowest BCUT2D eigenvalue weighted by Crippen LogP contribution is -2.22. The Morgan fingerprint density at radius 1 is 1.07 bits per heavy atom. The van der Waals surface area contributed by atoms with Crippen LogP contribution in [0.3, 0.4) is 0 Å². The molecule has 30 heavy (non-hydrogen) atoms. The highest BCUT2D eigenvalue weighted by atomic mass is 35.5. The number of aromatic nitrogens is 4. The molecule has 0 bridgehead atoms. The van der Waals surface area contributed by atoms with E-state index in [2.05, 4.69) is 32.1 Å². The van der Waals surface area contributed by atoms with Gasteiger partial charge in [0.05, 0.1) is 17.6 Å². The van der Waals surface area contributed by atoms with Crippen molar-refractivity contribution in [3.8, 4) is 5.69 Å². The van der Waals surface area contributed by atoms with Gasteiger partial charge in [0.25, 0.3) is 5.56 Å². The lowest BCUT2D eigenvalue weighted by molar-refractivity contribution is 0.760. The van der Waals surface area contributed by atoms with Crippen LogP contribution >= 0.6 is 23.2 Å². The zero-order valence-corrected chi connectivity index (χ0v) is 17.7. The molecule has 152 valence electrons. The summed E-state index contributed by atoms with van der Waals surface area (Å²) in [5.41, 5.74) is 2.93. The molecule has 0 aliphatic rings. The van der Waals surface area contributed by atoms with Crippen LogP contribution in [0.2, 0.25) is 10.0 Å². The Kier molecular flexibility index (Phi) is 5.88. The first-order valence-electron chi connectivity index (χ1n) is 9.34. The molecule has 1 N–H and O–H groups in total. The third kappa shape index (κ3) is 4.40. The molecule has 0 atom stereocenters.